The highest BCUT2D eigenvalue weighted by Crippen LogP contribution is 2.22. The molecule has 0 aliphatic rings. The Balaban J connectivity index is 2.07. The van der Waals surface area contributed by atoms with Crippen molar-refractivity contribution in [3.05, 3.63) is 39.6 Å². The molecule has 0 saturated carbocycles. The van der Waals surface area contributed by atoms with Gasteiger partial charge in [0.15, 0.2) is 0 Å². The van der Waals surface area contributed by atoms with Gasteiger partial charge >= 0.3 is 0 Å². The standard InChI is InChI=1S/C13H17N3OS/c1-4-10-8(2)7-11(18-10)13(17)16-9(3)12-14-5-6-15-12/h5-7,9H,4H2,1-3H3,(H,14,15)(H,16,17). The molecule has 96 valence electrons. The molecule has 18 heavy (non-hydrogen) atoms. The minimum atomic E-state index is -0.111. The maximum atomic E-state index is 12.1. The number of amides is 1. The second-order valence-electron chi connectivity index (χ2n) is 4.24. The maximum absolute atomic E-state index is 12.1. The summed E-state index contributed by atoms with van der Waals surface area (Å²) in [7, 11) is 0. The summed E-state index contributed by atoms with van der Waals surface area (Å²) in [5.74, 6) is 0.735. The third-order valence-electron chi connectivity index (χ3n) is 2.84. The average molecular weight is 263 g/mol. The number of aryl methyl sites for hydroxylation is 2. The maximum Gasteiger partial charge on any atom is 0.261 e. The highest BCUT2D eigenvalue weighted by molar-refractivity contribution is 7.14. The van der Waals surface area contributed by atoms with Crippen LogP contribution >= 0.6 is 11.3 Å². The summed E-state index contributed by atoms with van der Waals surface area (Å²) in [6.45, 7) is 6.06. The summed E-state index contributed by atoms with van der Waals surface area (Å²) in [5, 5.41) is 2.94. The number of carbonyl (C=O) groups is 1. The molecule has 5 heteroatoms. The van der Waals surface area contributed by atoms with Gasteiger partial charge in [-0.15, -0.1) is 11.3 Å². The van der Waals surface area contributed by atoms with Crippen LogP contribution in [-0.2, 0) is 6.42 Å². The molecule has 2 N–H and O–H groups in total. The van der Waals surface area contributed by atoms with Gasteiger partial charge in [-0.25, -0.2) is 4.98 Å². The van der Waals surface area contributed by atoms with Crippen molar-refractivity contribution in [3.63, 3.8) is 0 Å². The molecule has 0 aromatic carbocycles. The molecule has 2 rings (SSSR count). The van der Waals surface area contributed by atoms with Crippen LogP contribution in [0.3, 0.4) is 0 Å². The van der Waals surface area contributed by atoms with Crippen LogP contribution in [0, 0.1) is 6.92 Å². The predicted molar refractivity (Wildman–Crippen MR) is 72.9 cm³/mol. The zero-order chi connectivity index (χ0) is 13.1. The van der Waals surface area contributed by atoms with Crippen LogP contribution in [0.1, 0.15) is 45.8 Å². The smallest absolute Gasteiger partial charge is 0.261 e. The summed E-state index contributed by atoms with van der Waals surface area (Å²) in [5.41, 5.74) is 1.19. The monoisotopic (exact) mass is 263 g/mol. The number of hydrogen-bond donors (Lipinski definition) is 2. The minimum Gasteiger partial charge on any atom is -0.347 e. The molecule has 0 aliphatic heterocycles. The average Bonchev–Trinajstić information content (AvgIpc) is 2.97. The molecule has 1 unspecified atom stereocenters. The first kappa shape index (κ1) is 12.8. The number of nitrogens with zero attached hydrogens (tertiary/aromatic N) is 1. The van der Waals surface area contributed by atoms with E-state index in [-0.39, 0.29) is 11.9 Å². The van der Waals surface area contributed by atoms with E-state index in [0.717, 1.165) is 17.1 Å². The third-order valence-corrected chi connectivity index (χ3v) is 4.22. The number of thiophene rings is 1. The summed E-state index contributed by atoms with van der Waals surface area (Å²) in [6, 6.07) is 1.84. The van der Waals surface area contributed by atoms with Gasteiger partial charge < -0.3 is 10.3 Å². The van der Waals surface area contributed by atoms with Crippen molar-refractivity contribution in [1.82, 2.24) is 15.3 Å². The van der Waals surface area contributed by atoms with Crippen LogP contribution < -0.4 is 5.32 Å². The van der Waals surface area contributed by atoms with Crippen LogP contribution in [0.25, 0.3) is 0 Å². The molecule has 1 atom stereocenters. The fourth-order valence-corrected chi connectivity index (χ4v) is 2.85. The topological polar surface area (TPSA) is 57.8 Å². The summed E-state index contributed by atoms with van der Waals surface area (Å²) < 4.78 is 0. The van der Waals surface area contributed by atoms with E-state index in [1.807, 2.05) is 19.9 Å². The lowest BCUT2D eigenvalue weighted by Gasteiger charge is -2.10. The molecular formula is C13H17N3OS. The van der Waals surface area contributed by atoms with Crippen LogP contribution in [0.2, 0.25) is 0 Å². The second kappa shape index (κ2) is 5.35. The summed E-state index contributed by atoms with van der Waals surface area (Å²) in [6.07, 6.45) is 4.41. The van der Waals surface area contributed by atoms with Crippen molar-refractivity contribution < 1.29 is 4.79 Å². The largest absolute Gasteiger partial charge is 0.347 e. The van der Waals surface area contributed by atoms with E-state index in [1.54, 1.807) is 23.7 Å². The molecule has 4 nitrogen and oxygen atoms in total. The number of aromatic nitrogens is 2. The molecule has 0 radical (unpaired) electrons. The molecule has 2 aromatic heterocycles. The number of rotatable bonds is 4. The SMILES string of the molecule is CCc1sc(C(=O)NC(C)c2ncc[nH]2)cc1C. The zero-order valence-electron chi connectivity index (χ0n) is 10.8. The fourth-order valence-electron chi connectivity index (χ4n) is 1.83. The third kappa shape index (κ3) is 2.61. The Kier molecular flexibility index (Phi) is 3.81. The number of H-pyrrole nitrogens is 1. The van der Waals surface area contributed by atoms with Gasteiger partial charge in [-0.05, 0) is 31.9 Å². The number of aromatic amines is 1. The van der Waals surface area contributed by atoms with Gasteiger partial charge in [0.25, 0.3) is 5.91 Å². The molecule has 0 spiro atoms. The number of imidazole rings is 1. The lowest BCUT2D eigenvalue weighted by molar-refractivity contribution is 0.0942. The van der Waals surface area contributed by atoms with E-state index in [9.17, 15) is 4.79 Å². The van der Waals surface area contributed by atoms with Crippen molar-refractivity contribution in [1.29, 1.82) is 0 Å². The molecule has 1 amide bonds. The van der Waals surface area contributed by atoms with Gasteiger partial charge in [0.1, 0.15) is 5.82 Å². The quantitative estimate of drug-likeness (QED) is 0.891. The van der Waals surface area contributed by atoms with Gasteiger partial charge in [0.05, 0.1) is 10.9 Å². The van der Waals surface area contributed by atoms with Crippen LogP contribution in [0.15, 0.2) is 18.5 Å². The number of hydrogen-bond acceptors (Lipinski definition) is 3. The van der Waals surface area contributed by atoms with E-state index in [0.29, 0.717) is 0 Å². The Labute approximate surface area is 110 Å². The van der Waals surface area contributed by atoms with Gasteiger partial charge in [0, 0.05) is 17.3 Å². The van der Waals surface area contributed by atoms with Gasteiger partial charge in [-0.1, -0.05) is 6.92 Å². The number of nitrogens with one attached hydrogen (secondary N) is 2. The van der Waals surface area contributed by atoms with E-state index < -0.39 is 0 Å². The minimum absolute atomic E-state index is 0.0355. The van der Waals surface area contributed by atoms with Crippen molar-refractivity contribution in [3.8, 4) is 0 Å². The van der Waals surface area contributed by atoms with Crippen molar-refractivity contribution >= 4 is 17.2 Å². The highest BCUT2D eigenvalue weighted by atomic mass is 32.1. The van der Waals surface area contributed by atoms with Crippen LogP contribution in [0.4, 0.5) is 0 Å². The molecule has 0 aliphatic carbocycles. The predicted octanol–water partition coefficient (Wildman–Crippen LogP) is 2.83. The molecule has 2 aromatic rings. The lowest BCUT2D eigenvalue weighted by atomic mass is 10.2. The van der Waals surface area contributed by atoms with E-state index in [2.05, 4.69) is 22.2 Å². The van der Waals surface area contributed by atoms with Crippen LogP contribution in [-0.4, -0.2) is 15.9 Å². The molecule has 0 fully saturated rings. The molecular weight excluding hydrogens is 246 g/mol. The second-order valence-corrected chi connectivity index (χ2v) is 5.38. The Bertz CT molecular complexity index is 530. The molecule has 0 bridgehead atoms. The van der Waals surface area contributed by atoms with Gasteiger partial charge in [-0.3, -0.25) is 4.79 Å². The normalized spacial score (nSPS) is 12.4. The first-order chi connectivity index (χ1) is 8.61. The van der Waals surface area contributed by atoms with Crippen molar-refractivity contribution in [2.75, 3.05) is 0 Å². The summed E-state index contributed by atoms with van der Waals surface area (Å²) in [4.78, 5) is 21.3. The van der Waals surface area contributed by atoms with E-state index in [4.69, 9.17) is 0 Å². The van der Waals surface area contributed by atoms with Crippen molar-refractivity contribution in [2.24, 2.45) is 0 Å². The molecule has 0 saturated heterocycles. The van der Waals surface area contributed by atoms with E-state index >= 15 is 0 Å². The van der Waals surface area contributed by atoms with Crippen LogP contribution in [0.5, 0.6) is 0 Å². The highest BCUT2D eigenvalue weighted by Gasteiger charge is 2.15. The first-order valence-electron chi connectivity index (χ1n) is 6.01. The molecule has 2 heterocycles. The lowest BCUT2D eigenvalue weighted by Crippen LogP contribution is -2.26. The Hall–Kier alpha value is -1.62. The van der Waals surface area contributed by atoms with Gasteiger partial charge in [0.2, 0.25) is 0 Å². The van der Waals surface area contributed by atoms with Gasteiger partial charge in [-0.2, -0.15) is 0 Å². The fraction of sp³-hybridized carbons (Fsp3) is 0.385. The Morgan fingerprint density at radius 3 is 2.94 bits per heavy atom. The van der Waals surface area contributed by atoms with Crippen molar-refractivity contribution in [2.45, 2.75) is 33.2 Å². The summed E-state index contributed by atoms with van der Waals surface area (Å²) >= 11 is 1.56. The Morgan fingerprint density at radius 1 is 1.61 bits per heavy atom. The number of carbonyl (C=O) groups excluding carboxylic acids is 1. The zero-order valence-corrected chi connectivity index (χ0v) is 11.6. The van der Waals surface area contributed by atoms with E-state index in [1.165, 1.54) is 10.4 Å². The Morgan fingerprint density at radius 2 is 2.39 bits per heavy atom. The first-order valence-corrected chi connectivity index (χ1v) is 6.83.